The van der Waals surface area contributed by atoms with E-state index in [4.69, 9.17) is 9.47 Å². The van der Waals surface area contributed by atoms with Crippen LogP contribution in [0.25, 0.3) is 0 Å². The number of sulfone groups is 1. The first-order valence-corrected chi connectivity index (χ1v) is 13.3. The Balaban J connectivity index is 1.91. The third-order valence-electron chi connectivity index (χ3n) is 6.23. The molecule has 3 aromatic carbocycles. The molecule has 0 saturated carbocycles. The third kappa shape index (κ3) is 4.96. The van der Waals surface area contributed by atoms with Gasteiger partial charge in [-0.2, -0.15) is 0 Å². The number of rotatable bonds is 6. The summed E-state index contributed by atoms with van der Waals surface area (Å²) in [6, 6.07) is 18.0. The van der Waals surface area contributed by atoms with Crippen molar-refractivity contribution in [2.24, 2.45) is 0 Å². The lowest BCUT2D eigenvalue weighted by Crippen LogP contribution is -2.46. The van der Waals surface area contributed by atoms with Crippen molar-refractivity contribution >= 4 is 27.5 Å². The van der Waals surface area contributed by atoms with Gasteiger partial charge in [-0.15, -0.1) is 0 Å². The molecule has 4 rings (SSSR count). The monoisotopic (exact) mass is 525 g/mol. The molecule has 0 aliphatic carbocycles. The van der Waals surface area contributed by atoms with Gasteiger partial charge in [0.2, 0.25) is 0 Å². The number of nitrogens with zero attached hydrogens (tertiary/aromatic N) is 1. The second kappa shape index (κ2) is 9.63. The number of methoxy groups -OCH3 is 1. The van der Waals surface area contributed by atoms with E-state index < -0.39 is 44.4 Å². The average molecular weight is 526 g/mol. The maximum absolute atomic E-state index is 14.2. The molecule has 0 spiro atoms. The highest BCUT2D eigenvalue weighted by Gasteiger charge is 2.55. The summed E-state index contributed by atoms with van der Waals surface area (Å²) >= 11 is 0. The van der Waals surface area contributed by atoms with E-state index in [1.165, 1.54) is 43.5 Å². The molecule has 37 heavy (non-hydrogen) atoms. The number of hydrogen-bond donors (Lipinski definition) is 0. The van der Waals surface area contributed by atoms with Gasteiger partial charge >= 0.3 is 6.09 Å². The minimum absolute atomic E-state index is 0.115. The molecule has 7 nitrogen and oxygen atoms in total. The van der Waals surface area contributed by atoms with Crippen molar-refractivity contribution in [2.45, 2.75) is 43.1 Å². The summed E-state index contributed by atoms with van der Waals surface area (Å²) in [4.78, 5) is 28.5. The fourth-order valence-corrected chi connectivity index (χ4v) is 5.90. The number of benzene rings is 3. The minimum atomic E-state index is -3.80. The molecule has 194 valence electrons. The molecular formula is C28H28FNO6S. The second-order valence-electron chi connectivity index (χ2n) is 9.80. The Labute approximate surface area is 215 Å². The number of anilines is 1. The molecule has 9 heteroatoms. The van der Waals surface area contributed by atoms with Crippen LogP contribution in [0.2, 0.25) is 0 Å². The van der Waals surface area contributed by atoms with Crippen LogP contribution in [0.5, 0.6) is 5.75 Å². The lowest BCUT2D eigenvalue weighted by atomic mass is 9.73. The predicted octanol–water partition coefficient (Wildman–Crippen LogP) is 5.27. The molecule has 0 radical (unpaired) electrons. The maximum Gasteiger partial charge on any atom is 0.421 e. The highest BCUT2D eigenvalue weighted by atomic mass is 32.2. The molecule has 0 unspecified atom stereocenters. The van der Waals surface area contributed by atoms with Gasteiger partial charge in [0, 0.05) is 5.56 Å². The molecule has 0 N–H and O–H groups in total. The maximum atomic E-state index is 14.2. The number of hydrogen-bond acceptors (Lipinski definition) is 6. The van der Waals surface area contributed by atoms with Crippen LogP contribution < -0.4 is 9.64 Å². The van der Waals surface area contributed by atoms with Gasteiger partial charge in [0.25, 0.3) is 5.91 Å². The van der Waals surface area contributed by atoms with Gasteiger partial charge < -0.3 is 9.47 Å². The zero-order valence-electron chi connectivity index (χ0n) is 21.0. The van der Waals surface area contributed by atoms with E-state index in [2.05, 4.69) is 0 Å². The van der Waals surface area contributed by atoms with Crippen LogP contribution in [0.4, 0.5) is 14.9 Å². The van der Waals surface area contributed by atoms with Gasteiger partial charge in [0.05, 0.1) is 23.4 Å². The predicted molar refractivity (Wildman–Crippen MR) is 137 cm³/mol. The van der Waals surface area contributed by atoms with Gasteiger partial charge in [-0.25, -0.2) is 22.5 Å². The number of carbonyl (C=O) groups excluding carboxylic acids is 2. The Bertz CT molecular complexity index is 1430. The summed E-state index contributed by atoms with van der Waals surface area (Å²) in [5, 5.41) is 0. The lowest BCUT2D eigenvalue weighted by Gasteiger charge is -2.30. The number of amides is 2. The van der Waals surface area contributed by atoms with Crippen molar-refractivity contribution in [3.8, 4) is 5.75 Å². The summed E-state index contributed by atoms with van der Waals surface area (Å²) in [5.41, 5.74) is -1.53. The van der Waals surface area contributed by atoms with Crippen molar-refractivity contribution in [1.82, 2.24) is 0 Å². The van der Waals surface area contributed by atoms with Crippen molar-refractivity contribution in [1.29, 1.82) is 0 Å². The lowest BCUT2D eigenvalue weighted by molar-refractivity contribution is -0.121. The summed E-state index contributed by atoms with van der Waals surface area (Å²) in [6.45, 7) is 5.04. The first-order chi connectivity index (χ1) is 17.4. The van der Waals surface area contributed by atoms with Crippen LogP contribution in [0.15, 0.2) is 77.7 Å². The summed E-state index contributed by atoms with van der Waals surface area (Å²) in [7, 11) is -2.34. The van der Waals surface area contributed by atoms with Crippen molar-refractivity contribution in [2.75, 3.05) is 17.8 Å². The number of ether oxygens (including phenoxy) is 2. The fourth-order valence-electron chi connectivity index (χ4n) is 4.52. The SMILES string of the molecule is COc1ccc2c(c1)[C@@](CCS(=O)(=O)c1ccccc1)(c1ccc(F)cc1)C(=O)N2C(=O)OC(C)(C)C. The Hall–Kier alpha value is -3.72. The molecule has 0 bridgehead atoms. The van der Waals surface area contributed by atoms with Gasteiger partial charge in [0.1, 0.15) is 22.6 Å². The summed E-state index contributed by atoms with van der Waals surface area (Å²) < 4.78 is 51.3. The first-order valence-electron chi connectivity index (χ1n) is 11.7. The van der Waals surface area contributed by atoms with Crippen LogP contribution in [-0.2, 0) is 24.8 Å². The van der Waals surface area contributed by atoms with E-state index in [0.29, 0.717) is 16.9 Å². The van der Waals surface area contributed by atoms with Gasteiger partial charge in [0.15, 0.2) is 9.84 Å². The van der Waals surface area contributed by atoms with E-state index in [1.807, 2.05) is 0 Å². The number of imide groups is 1. The van der Waals surface area contributed by atoms with E-state index in [9.17, 15) is 22.4 Å². The second-order valence-corrected chi connectivity index (χ2v) is 11.9. The Morgan fingerprint density at radius 1 is 1.00 bits per heavy atom. The quantitative estimate of drug-likeness (QED) is 0.436. The van der Waals surface area contributed by atoms with Gasteiger partial charge in [-0.1, -0.05) is 30.3 Å². The molecule has 3 aromatic rings. The van der Waals surface area contributed by atoms with Crippen LogP contribution in [-0.4, -0.2) is 38.9 Å². The highest BCUT2D eigenvalue weighted by Crippen LogP contribution is 2.50. The Morgan fingerprint density at radius 2 is 1.65 bits per heavy atom. The van der Waals surface area contributed by atoms with E-state index in [-0.39, 0.29) is 17.0 Å². The van der Waals surface area contributed by atoms with E-state index in [0.717, 1.165) is 4.90 Å². The normalized spacial score (nSPS) is 17.4. The summed E-state index contributed by atoms with van der Waals surface area (Å²) in [5.74, 6) is -1.19. The minimum Gasteiger partial charge on any atom is -0.497 e. The van der Waals surface area contributed by atoms with Crippen molar-refractivity contribution < 1.29 is 31.9 Å². The third-order valence-corrected chi connectivity index (χ3v) is 7.97. The zero-order valence-corrected chi connectivity index (χ0v) is 21.8. The van der Waals surface area contributed by atoms with Crippen LogP contribution >= 0.6 is 0 Å². The highest BCUT2D eigenvalue weighted by molar-refractivity contribution is 7.91. The van der Waals surface area contributed by atoms with Gasteiger partial charge in [-0.3, -0.25) is 4.79 Å². The standard InChI is InChI=1S/C28H28FNO6S/c1-27(2,3)36-26(32)30-24-15-14-21(35-4)18-23(24)28(25(30)31,19-10-12-20(29)13-11-19)16-17-37(33,34)22-8-6-5-7-9-22/h5-15,18H,16-17H2,1-4H3/t28-/m1/s1. The van der Waals surface area contributed by atoms with E-state index in [1.54, 1.807) is 57.2 Å². The first kappa shape index (κ1) is 26.3. The molecule has 1 aliphatic rings. The Kier molecular flexibility index (Phi) is 6.85. The van der Waals surface area contributed by atoms with Crippen LogP contribution in [0, 0.1) is 5.82 Å². The molecular weight excluding hydrogens is 497 g/mol. The Morgan fingerprint density at radius 3 is 2.24 bits per heavy atom. The smallest absolute Gasteiger partial charge is 0.421 e. The molecule has 0 fully saturated rings. The van der Waals surface area contributed by atoms with Crippen molar-refractivity contribution in [3.63, 3.8) is 0 Å². The molecule has 0 aromatic heterocycles. The van der Waals surface area contributed by atoms with Gasteiger partial charge in [-0.05, 0) is 75.2 Å². The molecule has 0 saturated heterocycles. The number of carbonyl (C=O) groups is 2. The largest absolute Gasteiger partial charge is 0.497 e. The molecule has 2 amide bonds. The fraction of sp³-hybridized carbons (Fsp3) is 0.286. The van der Waals surface area contributed by atoms with Crippen LogP contribution in [0.3, 0.4) is 0 Å². The average Bonchev–Trinajstić information content (AvgIpc) is 3.10. The topological polar surface area (TPSA) is 90.0 Å². The zero-order chi connectivity index (χ0) is 27.0. The summed E-state index contributed by atoms with van der Waals surface area (Å²) in [6.07, 6.45) is -1.09. The van der Waals surface area contributed by atoms with E-state index >= 15 is 0 Å². The molecule has 1 heterocycles. The number of halogens is 1. The van der Waals surface area contributed by atoms with Crippen LogP contribution in [0.1, 0.15) is 38.3 Å². The number of fused-ring (bicyclic) bond motifs is 1. The molecule has 1 aliphatic heterocycles. The molecule has 1 atom stereocenters. The van der Waals surface area contributed by atoms with Crippen molar-refractivity contribution in [3.05, 3.63) is 89.7 Å².